The molecule has 9 heteroatoms. The standard InChI is InChI=1S/C26H29N5O4/c1-14-9-15(5-6-17(14)11-28-24(33)22-30-25(35-31-22)26(2,3)4)16-7-8-27-20(10-16)29-23(32)21-18-12-34-13-19(18)21/h5-10,18-19,21H,11-13H2,1-4H3,(H,28,33)(H,27,29,32). The molecular weight excluding hydrogens is 446 g/mol. The van der Waals surface area contributed by atoms with Crippen LogP contribution in [-0.4, -0.2) is 40.2 Å². The molecule has 9 nitrogen and oxygen atoms in total. The van der Waals surface area contributed by atoms with E-state index < -0.39 is 0 Å². The molecule has 3 aromatic rings. The van der Waals surface area contributed by atoms with Crippen molar-refractivity contribution in [1.82, 2.24) is 20.4 Å². The molecule has 2 unspecified atom stereocenters. The Balaban J connectivity index is 1.22. The molecule has 1 aliphatic carbocycles. The zero-order valence-electron chi connectivity index (χ0n) is 20.3. The topological polar surface area (TPSA) is 119 Å². The Morgan fingerprint density at radius 1 is 1.09 bits per heavy atom. The molecular formula is C26H29N5O4. The third kappa shape index (κ3) is 4.81. The molecule has 1 aliphatic heterocycles. The number of carbonyl (C=O) groups excluding carboxylic acids is 2. The summed E-state index contributed by atoms with van der Waals surface area (Å²) in [6.07, 6.45) is 1.70. The van der Waals surface area contributed by atoms with E-state index in [-0.39, 0.29) is 29.0 Å². The van der Waals surface area contributed by atoms with Crippen molar-refractivity contribution in [2.45, 2.75) is 39.7 Å². The van der Waals surface area contributed by atoms with Crippen molar-refractivity contribution in [2.75, 3.05) is 18.5 Å². The lowest BCUT2D eigenvalue weighted by atomic mass is 9.97. The summed E-state index contributed by atoms with van der Waals surface area (Å²) < 4.78 is 10.6. The van der Waals surface area contributed by atoms with Crippen molar-refractivity contribution in [3.63, 3.8) is 0 Å². The van der Waals surface area contributed by atoms with E-state index in [1.807, 2.05) is 52.0 Å². The molecule has 2 atom stereocenters. The highest BCUT2D eigenvalue weighted by Gasteiger charge is 2.58. The Morgan fingerprint density at radius 3 is 2.51 bits per heavy atom. The maximum absolute atomic E-state index is 12.6. The molecule has 3 heterocycles. The predicted molar refractivity (Wildman–Crippen MR) is 128 cm³/mol. The fraction of sp³-hybridized carbons (Fsp3) is 0.423. The number of carbonyl (C=O) groups is 2. The van der Waals surface area contributed by atoms with Gasteiger partial charge in [-0.1, -0.05) is 44.1 Å². The number of benzene rings is 1. The molecule has 182 valence electrons. The van der Waals surface area contributed by atoms with Gasteiger partial charge in [-0.05, 0) is 53.1 Å². The van der Waals surface area contributed by atoms with Crippen molar-refractivity contribution in [1.29, 1.82) is 0 Å². The molecule has 0 bridgehead atoms. The van der Waals surface area contributed by atoms with Gasteiger partial charge in [0.05, 0.1) is 13.2 Å². The molecule has 2 aliphatic rings. The third-order valence-corrected chi connectivity index (χ3v) is 6.65. The number of nitrogens with zero attached hydrogens (tertiary/aromatic N) is 3. The van der Waals surface area contributed by atoms with Crippen LogP contribution < -0.4 is 10.6 Å². The van der Waals surface area contributed by atoms with E-state index in [0.717, 1.165) is 22.3 Å². The first-order valence-electron chi connectivity index (χ1n) is 11.8. The molecule has 35 heavy (non-hydrogen) atoms. The quantitative estimate of drug-likeness (QED) is 0.560. The second kappa shape index (κ2) is 8.88. The van der Waals surface area contributed by atoms with Gasteiger partial charge in [0.2, 0.25) is 11.8 Å². The number of rotatable bonds is 6. The Morgan fingerprint density at radius 2 is 1.83 bits per heavy atom. The van der Waals surface area contributed by atoms with E-state index in [4.69, 9.17) is 9.26 Å². The molecule has 2 N–H and O–H groups in total. The lowest BCUT2D eigenvalue weighted by Crippen LogP contribution is -2.24. The number of ether oxygens (including phenoxy) is 1. The third-order valence-electron chi connectivity index (χ3n) is 6.65. The van der Waals surface area contributed by atoms with Gasteiger partial charge in [-0.3, -0.25) is 9.59 Å². The summed E-state index contributed by atoms with van der Waals surface area (Å²) in [5, 5.41) is 9.60. The average Bonchev–Trinajstić information content (AvgIpc) is 3.18. The zero-order chi connectivity index (χ0) is 24.7. The van der Waals surface area contributed by atoms with Gasteiger partial charge in [0, 0.05) is 24.1 Å². The van der Waals surface area contributed by atoms with Crippen LogP contribution in [0.15, 0.2) is 41.1 Å². The van der Waals surface area contributed by atoms with Crippen LogP contribution in [-0.2, 0) is 21.5 Å². The summed E-state index contributed by atoms with van der Waals surface area (Å²) in [5.41, 5.74) is 3.64. The number of anilines is 1. The normalized spacial score (nSPS) is 20.9. The van der Waals surface area contributed by atoms with Gasteiger partial charge in [-0.15, -0.1) is 0 Å². The smallest absolute Gasteiger partial charge is 0.292 e. The first-order chi connectivity index (χ1) is 16.7. The Labute approximate surface area is 203 Å². The van der Waals surface area contributed by atoms with Gasteiger partial charge < -0.3 is 19.9 Å². The van der Waals surface area contributed by atoms with E-state index in [0.29, 0.717) is 43.3 Å². The number of amides is 2. The molecule has 0 spiro atoms. The van der Waals surface area contributed by atoms with Crippen LogP contribution in [0.3, 0.4) is 0 Å². The second-order valence-electron chi connectivity index (χ2n) is 10.3. The number of hydrogen-bond donors (Lipinski definition) is 2. The van der Waals surface area contributed by atoms with Gasteiger partial charge in [0.25, 0.3) is 11.7 Å². The fourth-order valence-electron chi connectivity index (χ4n) is 4.47. The number of aromatic nitrogens is 3. The predicted octanol–water partition coefficient (Wildman–Crippen LogP) is 3.50. The van der Waals surface area contributed by atoms with Gasteiger partial charge in [0.1, 0.15) is 5.82 Å². The van der Waals surface area contributed by atoms with Crippen LogP contribution in [0.5, 0.6) is 0 Å². The van der Waals surface area contributed by atoms with Gasteiger partial charge in [-0.25, -0.2) is 4.98 Å². The van der Waals surface area contributed by atoms with Gasteiger partial charge in [0.15, 0.2) is 0 Å². The van der Waals surface area contributed by atoms with Crippen molar-refractivity contribution < 1.29 is 18.8 Å². The average molecular weight is 476 g/mol. The molecule has 5 rings (SSSR count). The van der Waals surface area contributed by atoms with Crippen LogP contribution in [0, 0.1) is 24.7 Å². The molecule has 0 radical (unpaired) electrons. The van der Waals surface area contributed by atoms with Gasteiger partial charge >= 0.3 is 0 Å². The minimum absolute atomic E-state index is 0.0199. The zero-order valence-corrected chi connectivity index (χ0v) is 20.3. The van der Waals surface area contributed by atoms with Crippen LogP contribution in [0.2, 0.25) is 0 Å². The van der Waals surface area contributed by atoms with Gasteiger partial charge in [-0.2, -0.15) is 4.98 Å². The van der Waals surface area contributed by atoms with E-state index in [9.17, 15) is 9.59 Å². The Hall–Kier alpha value is -3.59. The second-order valence-corrected chi connectivity index (χ2v) is 10.3. The largest absolute Gasteiger partial charge is 0.381 e. The maximum atomic E-state index is 12.6. The summed E-state index contributed by atoms with van der Waals surface area (Å²) in [7, 11) is 0. The van der Waals surface area contributed by atoms with E-state index in [2.05, 4.69) is 31.8 Å². The molecule has 2 aromatic heterocycles. The molecule has 2 amide bonds. The monoisotopic (exact) mass is 475 g/mol. The van der Waals surface area contributed by atoms with Crippen molar-refractivity contribution in [3.05, 3.63) is 59.4 Å². The first-order valence-corrected chi connectivity index (χ1v) is 11.8. The molecule has 1 saturated heterocycles. The van der Waals surface area contributed by atoms with E-state index in [1.165, 1.54) is 0 Å². The number of hydrogen-bond acceptors (Lipinski definition) is 7. The van der Waals surface area contributed by atoms with Crippen LogP contribution in [0.1, 0.15) is 48.4 Å². The maximum Gasteiger partial charge on any atom is 0.292 e. The van der Waals surface area contributed by atoms with E-state index >= 15 is 0 Å². The summed E-state index contributed by atoms with van der Waals surface area (Å²) in [5.74, 6) is 1.38. The molecule has 1 saturated carbocycles. The highest BCUT2D eigenvalue weighted by Crippen LogP contribution is 2.51. The highest BCUT2D eigenvalue weighted by atomic mass is 16.5. The lowest BCUT2D eigenvalue weighted by molar-refractivity contribution is -0.118. The van der Waals surface area contributed by atoms with Crippen LogP contribution >= 0.6 is 0 Å². The number of pyridine rings is 1. The van der Waals surface area contributed by atoms with Crippen LogP contribution in [0.25, 0.3) is 11.1 Å². The Kier molecular flexibility index (Phi) is 5.88. The number of aryl methyl sites for hydroxylation is 1. The minimum atomic E-state index is -0.381. The lowest BCUT2D eigenvalue weighted by Gasteiger charge is -2.11. The van der Waals surface area contributed by atoms with E-state index in [1.54, 1.807) is 6.20 Å². The summed E-state index contributed by atoms with van der Waals surface area (Å²) >= 11 is 0. The molecule has 2 fully saturated rings. The van der Waals surface area contributed by atoms with Crippen molar-refractivity contribution in [2.24, 2.45) is 17.8 Å². The summed E-state index contributed by atoms with van der Waals surface area (Å²) in [6, 6.07) is 9.81. The number of nitrogens with one attached hydrogen (secondary N) is 2. The first kappa shape index (κ1) is 23.2. The molecule has 1 aromatic carbocycles. The Bertz CT molecular complexity index is 1270. The fourth-order valence-corrected chi connectivity index (χ4v) is 4.47. The summed E-state index contributed by atoms with van der Waals surface area (Å²) in [6.45, 7) is 9.52. The summed E-state index contributed by atoms with van der Waals surface area (Å²) in [4.78, 5) is 33.5. The SMILES string of the molecule is Cc1cc(-c2ccnc(NC(=O)C3C4COCC43)c2)ccc1CNC(=O)c1noc(C(C)(C)C)n1. The van der Waals surface area contributed by atoms with Crippen molar-refractivity contribution >= 4 is 17.6 Å². The minimum Gasteiger partial charge on any atom is -0.381 e. The number of fused-ring (bicyclic) bond motifs is 1. The highest BCUT2D eigenvalue weighted by molar-refractivity contribution is 5.94. The van der Waals surface area contributed by atoms with Crippen molar-refractivity contribution in [3.8, 4) is 11.1 Å². The van der Waals surface area contributed by atoms with Crippen LogP contribution in [0.4, 0.5) is 5.82 Å².